The van der Waals surface area contributed by atoms with E-state index < -0.39 is 0 Å². The van der Waals surface area contributed by atoms with Gasteiger partial charge in [-0.2, -0.15) is 0 Å². The third-order valence-corrected chi connectivity index (χ3v) is 7.39. The number of carbonyl (C=O) groups excluding carboxylic acids is 1. The van der Waals surface area contributed by atoms with E-state index in [2.05, 4.69) is 22.9 Å². The van der Waals surface area contributed by atoms with Crippen LogP contribution >= 0.6 is 11.3 Å². The molecule has 1 aliphatic carbocycles. The number of β-amino-alcohol motifs (C(OH)–C–C–N with tert-alkyl or cyclic N) is 1. The van der Waals surface area contributed by atoms with Crippen molar-refractivity contribution in [3.63, 3.8) is 0 Å². The van der Waals surface area contributed by atoms with Crippen LogP contribution in [0.2, 0.25) is 0 Å². The van der Waals surface area contributed by atoms with Gasteiger partial charge >= 0.3 is 0 Å². The van der Waals surface area contributed by atoms with Crippen LogP contribution in [0.1, 0.15) is 52.8 Å². The van der Waals surface area contributed by atoms with E-state index in [1.54, 1.807) is 11.3 Å². The van der Waals surface area contributed by atoms with Crippen molar-refractivity contribution in [1.82, 2.24) is 14.9 Å². The van der Waals surface area contributed by atoms with Crippen LogP contribution in [0.3, 0.4) is 0 Å². The van der Waals surface area contributed by atoms with E-state index in [0.717, 1.165) is 51.2 Å². The average Bonchev–Trinajstić information content (AvgIpc) is 3.22. The predicted octanol–water partition coefficient (Wildman–Crippen LogP) is 3.15. The van der Waals surface area contributed by atoms with Crippen molar-refractivity contribution in [1.29, 1.82) is 0 Å². The van der Waals surface area contributed by atoms with Gasteiger partial charge in [-0.1, -0.05) is 0 Å². The highest BCUT2D eigenvalue weighted by molar-refractivity contribution is 7.15. The van der Waals surface area contributed by atoms with Crippen LogP contribution in [0.15, 0.2) is 6.07 Å². The first-order valence-corrected chi connectivity index (χ1v) is 11.0. The SMILES string of the molecule is Cc1nc(C)c(-c2cc3c(c(N4CCC(O)C4)n2)C(=O)N([C@@H](C)C2CC2)C3)s1. The number of carbonyl (C=O) groups is 1. The lowest BCUT2D eigenvalue weighted by Crippen LogP contribution is -2.35. The maximum Gasteiger partial charge on any atom is 0.258 e. The van der Waals surface area contributed by atoms with Crippen LogP contribution in [-0.2, 0) is 6.54 Å². The normalized spacial score (nSPS) is 22.9. The number of aryl methyl sites for hydroxylation is 2. The lowest BCUT2D eigenvalue weighted by atomic mass is 10.1. The predicted molar refractivity (Wildman–Crippen MR) is 110 cm³/mol. The molecule has 28 heavy (non-hydrogen) atoms. The number of aliphatic hydroxyl groups is 1. The fraction of sp³-hybridized carbons (Fsp3) is 0.571. The second-order valence-corrected chi connectivity index (χ2v) is 9.62. The molecule has 7 heteroatoms. The first-order valence-electron chi connectivity index (χ1n) is 10.1. The van der Waals surface area contributed by atoms with Crippen LogP contribution in [0.5, 0.6) is 0 Å². The summed E-state index contributed by atoms with van der Waals surface area (Å²) < 4.78 is 0. The van der Waals surface area contributed by atoms with Crippen molar-refractivity contribution in [3.05, 3.63) is 27.9 Å². The Morgan fingerprint density at radius 1 is 1.25 bits per heavy atom. The largest absolute Gasteiger partial charge is 0.391 e. The number of nitrogens with zero attached hydrogens (tertiary/aromatic N) is 4. The molecule has 4 heterocycles. The van der Waals surface area contributed by atoms with Crippen molar-refractivity contribution < 1.29 is 9.90 Å². The fourth-order valence-electron chi connectivity index (χ4n) is 4.55. The molecule has 2 aromatic heterocycles. The number of aromatic nitrogens is 2. The minimum absolute atomic E-state index is 0.0991. The minimum atomic E-state index is -0.355. The molecule has 2 fully saturated rings. The van der Waals surface area contributed by atoms with Gasteiger partial charge in [-0.3, -0.25) is 4.79 Å². The summed E-state index contributed by atoms with van der Waals surface area (Å²) in [5.74, 6) is 1.47. The van der Waals surface area contributed by atoms with Gasteiger partial charge in [0.15, 0.2) is 0 Å². The number of pyridine rings is 1. The average molecular weight is 399 g/mol. The molecule has 1 amide bonds. The Labute approximate surface area is 169 Å². The Balaban J connectivity index is 1.61. The summed E-state index contributed by atoms with van der Waals surface area (Å²) in [5.41, 5.74) is 3.68. The zero-order valence-corrected chi connectivity index (χ0v) is 17.4. The van der Waals surface area contributed by atoms with Crippen LogP contribution in [-0.4, -0.2) is 51.1 Å². The number of anilines is 1. The van der Waals surface area contributed by atoms with Crippen molar-refractivity contribution >= 4 is 23.1 Å². The summed E-state index contributed by atoms with van der Waals surface area (Å²) in [6.07, 6.45) is 2.80. The molecule has 2 aromatic rings. The smallest absolute Gasteiger partial charge is 0.258 e. The van der Waals surface area contributed by atoms with Gasteiger partial charge in [0.25, 0.3) is 5.91 Å². The Hall–Kier alpha value is -1.99. The van der Waals surface area contributed by atoms with E-state index in [9.17, 15) is 9.90 Å². The molecule has 2 aliphatic heterocycles. The third-order valence-electron chi connectivity index (χ3n) is 6.29. The van der Waals surface area contributed by atoms with E-state index in [1.807, 2.05) is 18.7 Å². The quantitative estimate of drug-likeness (QED) is 0.857. The van der Waals surface area contributed by atoms with Crippen molar-refractivity contribution in [2.75, 3.05) is 18.0 Å². The number of fused-ring (bicyclic) bond motifs is 1. The molecule has 1 N–H and O–H groups in total. The summed E-state index contributed by atoms with van der Waals surface area (Å²) in [4.78, 5) is 28.0. The number of amides is 1. The van der Waals surface area contributed by atoms with E-state index in [4.69, 9.17) is 4.98 Å². The van der Waals surface area contributed by atoms with Gasteiger partial charge in [0, 0.05) is 25.7 Å². The van der Waals surface area contributed by atoms with Crippen LogP contribution in [0.4, 0.5) is 5.82 Å². The van der Waals surface area contributed by atoms with Gasteiger partial charge in [-0.05, 0) is 57.6 Å². The summed E-state index contributed by atoms with van der Waals surface area (Å²) in [5, 5.41) is 11.1. The zero-order valence-electron chi connectivity index (χ0n) is 16.6. The zero-order chi connectivity index (χ0) is 19.6. The fourth-order valence-corrected chi connectivity index (χ4v) is 5.43. The van der Waals surface area contributed by atoms with Crippen molar-refractivity contribution in [3.8, 4) is 10.6 Å². The van der Waals surface area contributed by atoms with E-state index in [-0.39, 0.29) is 18.1 Å². The highest BCUT2D eigenvalue weighted by Gasteiger charge is 2.41. The molecule has 0 spiro atoms. The lowest BCUT2D eigenvalue weighted by molar-refractivity contribution is 0.0697. The summed E-state index contributed by atoms with van der Waals surface area (Å²) >= 11 is 1.65. The summed E-state index contributed by atoms with van der Waals surface area (Å²) in [6, 6.07) is 2.36. The molecule has 1 unspecified atom stereocenters. The molecule has 5 rings (SSSR count). The molecule has 3 aliphatic rings. The number of rotatable bonds is 4. The van der Waals surface area contributed by atoms with Crippen molar-refractivity contribution in [2.45, 2.75) is 58.7 Å². The maximum absolute atomic E-state index is 13.3. The Kier molecular flexibility index (Phi) is 4.21. The third kappa shape index (κ3) is 2.92. The van der Waals surface area contributed by atoms with Crippen LogP contribution < -0.4 is 4.90 Å². The van der Waals surface area contributed by atoms with Crippen LogP contribution in [0.25, 0.3) is 10.6 Å². The first-order chi connectivity index (χ1) is 13.4. The number of thiazole rings is 1. The van der Waals surface area contributed by atoms with Gasteiger partial charge in [0.05, 0.1) is 32.9 Å². The highest BCUT2D eigenvalue weighted by Crippen LogP contribution is 2.42. The summed E-state index contributed by atoms with van der Waals surface area (Å²) in [7, 11) is 0. The molecule has 148 valence electrons. The molecule has 0 aromatic carbocycles. The molecular weight excluding hydrogens is 372 g/mol. The number of aliphatic hydroxyl groups excluding tert-OH is 1. The topological polar surface area (TPSA) is 69.6 Å². The molecule has 2 atom stereocenters. The van der Waals surface area contributed by atoms with Crippen molar-refractivity contribution in [2.24, 2.45) is 5.92 Å². The van der Waals surface area contributed by atoms with Gasteiger partial charge < -0.3 is 14.9 Å². The van der Waals surface area contributed by atoms with Gasteiger partial charge in [-0.25, -0.2) is 9.97 Å². The molecule has 1 saturated heterocycles. The standard InChI is InChI=1S/C21H26N4O2S/c1-11-19(28-13(3)22-11)17-8-15-9-25(12(2)14-4-5-14)21(27)18(15)20(23-17)24-7-6-16(26)10-24/h8,12,14,16,26H,4-7,9-10H2,1-3H3/t12-,16?/m0/s1. The van der Waals surface area contributed by atoms with E-state index in [0.29, 0.717) is 19.0 Å². The van der Waals surface area contributed by atoms with Gasteiger partial charge in [0.2, 0.25) is 0 Å². The Morgan fingerprint density at radius 2 is 2.04 bits per heavy atom. The van der Waals surface area contributed by atoms with Gasteiger partial charge in [-0.15, -0.1) is 11.3 Å². The Bertz CT molecular complexity index is 952. The van der Waals surface area contributed by atoms with Crippen LogP contribution in [0, 0.1) is 19.8 Å². The molecular formula is C21H26N4O2S. The molecule has 0 bridgehead atoms. The lowest BCUT2D eigenvalue weighted by Gasteiger charge is -2.24. The monoisotopic (exact) mass is 398 g/mol. The molecule has 0 radical (unpaired) electrons. The van der Waals surface area contributed by atoms with Gasteiger partial charge in [0.1, 0.15) is 5.82 Å². The maximum atomic E-state index is 13.3. The highest BCUT2D eigenvalue weighted by atomic mass is 32.1. The number of hydrogen-bond acceptors (Lipinski definition) is 6. The van der Waals surface area contributed by atoms with E-state index >= 15 is 0 Å². The summed E-state index contributed by atoms with van der Waals surface area (Å²) in [6.45, 7) is 8.12. The first kappa shape index (κ1) is 18.1. The second-order valence-electron chi connectivity index (χ2n) is 8.41. The number of hydrogen-bond donors (Lipinski definition) is 1. The second kappa shape index (κ2) is 6.52. The Morgan fingerprint density at radius 3 is 2.64 bits per heavy atom. The molecule has 6 nitrogen and oxygen atoms in total. The minimum Gasteiger partial charge on any atom is -0.391 e. The molecule has 1 saturated carbocycles. The van der Waals surface area contributed by atoms with E-state index in [1.165, 1.54) is 12.8 Å².